The van der Waals surface area contributed by atoms with Crippen molar-refractivity contribution in [3.8, 4) is 0 Å². The minimum absolute atomic E-state index is 0.164. The van der Waals surface area contributed by atoms with Gasteiger partial charge in [-0.1, -0.05) is 13.8 Å². The Kier molecular flexibility index (Phi) is 4.91. The molecule has 0 bridgehead atoms. The predicted octanol–water partition coefficient (Wildman–Crippen LogP) is 1.18. The number of hydrogen-bond donors (Lipinski definition) is 2. The molecule has 5 nitrogen and oxygen atoms in total. The van der Waals surface area contributed by atoms with E-state index in [0.29, 0.717) is 11.0 Å². The molecule has 0 aliphatic rings. The Bertz CT molecular complexity index is 349. The third-order valence-corrected chi connectivity index (χ3v) is 2.70. The lowest BCUT2D eigenvalue weighted by atomic mass is 10.4. The molecule has 0 unspecified atom stereocenters. The van der Waals surface area contributed by atoms with E-state index in [-0.39, 0.29) is 11.7 Å². The summed E-state index contributed by atoms with van der Waals surface area (Å²) in [6.07, 6.45) is 1.39. The maximum absolute atomic E-state index is 11.3. The van der Waals surface area contributed by atoms with Gasteiger partial charge in [-0.3, -0.25) is 20.4 Å². The van der Waals surface area contributed by atoms with Crippen LogP contribution in [-0.2, 0) is 4.79 Å². The molecule has 1 aromatic heterocycles. The summed E-state index contributed by atoms with van der Waals surface area (Å²) in [5.41, 5.74) is 4.57. The van der Waals surface area contributed by atoms with Crippen LogP contribution in [0.4, 0.5) is 0 Å². The second-order valence-electron chi connectivity index (χ2n) is 3.34. The highest BCUT2D eigenvalue weighted by Crippen LogP contribution is 2.07. The average molecular weight is 242 g/mol. The Morgan fingerprint density at radius 3 is 2.75 bits per heavy atom. The van der Waals surface area contributed by atoms with Gasteiger partial charge < -0.3 is 4.42 Å². The molecule has 0 aromatic carbocycles. The van der Waals surface area contributed by atoms with E-state index in [1.54, 1.807) is 6.07 Å². The van der Waals surface area contributed by atoms with Crippen molar-refractivity contribution in [1.29, 1.82) is 0 Å². The monoisotopic (exact) mass is 242 g/mol. The van der Waals surface area contributed by atoms with Gasteiger partial charge in [0.2, 0.25) is 5.91 Å². The molecule has 1 heterocycles. The minimum Gasteiger partial charge on any atom is -0.459 e. The van der Waals surface area contributed by atoms with E-state index in [1.165, 1.54) is 24.1 Å². The Morgan fingerprint density at radius 1 is 1.44 bits per heavy atom. The van der Waals surface area contributed by atoms with Crippen LogP contribution in [0.5, 0.6) is 0 Å². The molecule has 0 spiro atoms. The highest BCUT2D eigenvalue weighted by atomic mass is 32.2. The molecule has 1 aromatic rings. The SMILES string of the molecule is CC(C)SCC(=O)NNC(=O)c1ccco1. The van der Waals surface area contributed by atoms with E-state index in [2.05, 4.69) is 10.9 Å². The molecule has 0 fully saturated rings. The van der Waals surface area contributed by atoms with Crippen LogP contribution in [0.2, 0.25) is 0 Å². The normalized spacial score (nSPS) is 10.2. The summed E-state index contributed by atoms with van der Waals surface area (Å²) in [5, 5.41) is 0.381. The van der Waals surface area contributed by atoms with Gasteiger partial charge in [0.05, 0.1) is 12.0 Å². The van der Waals surface area contributed by atoms with Gasteiger partial charge in [-0.25, -0.2) is 0 Å². The van der Waals surface area contributed by atoms with Crippen LogP contribution in [-0.4, -0.2) is 22.8 Å². The lowest BCUT2D eigenvalue weighted by Gasteiger charge is -2.06. The summed E-state index contributed by atoms with van der Waals surface area (Å²) in [5.74, 6) is -0.223. The average Bonchev–Trinajstić information content (AvgIpc) is 2.76. The lowest BCUT2D eigenvalue weighted by Crippen LogP contribution is -2.42. The van der Waals surface area contributed by atoms with Crippen molar-refractivity contribution < 1.29 is 14.0 Å². The van der Waals surface area contributed by atoms with Crippen LogP contribution in [0.3, 0.4) is 0 Å². The predicted molar refractivity (Wildman–Crippen MR) is 61.9 cm³/mol. The first-order valence-corrected chi connectivity index (χ1v) is 5.88. The summed E-state index contributed by atoms with van der Waals surface area (Å²) in [6, 6.07) is 3.12. The third kappa shape index (κ3) is 4.39. The molecular formula is C10H14N2O3S. The number of hydrogen-bond acceptors (Lipinski definition) is 4. The van der Waals surface area contributed by atoms with Crippen LogP contribution in [0.25, 0.3) is 0 Å². The van der Waals surface area contributed by atoms with Crippen molar-refractivity contribution in [3.05, 3.63) is 24.2 Å². The second kappa shape index (κ2) is 6.22. The number of carbonyl (C=O) groups excluding carboxylic acids is 2. The van der Waals surface area contributed by atoms with Crippen LogP contribution in [0.1, 0.15) is 24.4 Å². The largest absolute Gasteiger partial charge is 0.459 e. The van der Waals surface area contributed by atoms with Crippen LogP contribution >= 0.6 is 11.8 Å². The fourth-order valence-corrected chi connectivity index (χ4v) is 1.43. The molecule has 0 aliphatic carbocycles. The van der Waals surface area contributed by atoms with E-state index in [0.717, 1.165) is 0 Å². The molecule has 1 rings (SSSR count). The Hall–Kier alpha value is -1.43. The lowest BCUT2D eigenvalue weighted by molar-refractivity contribution is -0.119. The fraction of sp³-hybridized carbons (Fsp3) is 0.400. The van der Waals surface area contributed by atoms with Gasteiger partial charge in [0, 0.05) is 0 Å². The first-order chi connectivity index (χ1) is 7.59. The molecule has 2 N–H and O–H groups in total. The number of nitrogens with one attached hydrogen (secondary N) is 2. The molecule has 0 saturated heterocycles. The van der Waals surface area contributed by atoms with Crippen molar-refractivity contribution in [2.75, 3.05) is 5.75 Å². The van der Waals surface area contributed by atoms with E-state index in [9.17, 15) is 9.59 Å². The summed E-state index contributed by atoms with van der Waals surface area (Å²) in [6.45, 7) is 4.00. The first-order valence-electron chi connectivity index (χ1n) is 4.84. The molecule has 0 atom stereocenters. The van der Waals surface area contributed by atoms with Gasteiger partial charge in [-0.05, 0) is 17.4 Å². The first kappa shape index (κ1) is 12.6. The number of amides is 2. The van der Waals surface area contributed by atoms with Gasteiger partial charge >= 0.3 is 5.91 Å². The molecule has 2 amide bonds. The number of carbonyl (C=O) groups is 2. The zero-order chi connectivity index (χ0) is 12.0. The quantitative estimate of drug-likeness (QED) is 0.778. The van der Waals surface area contributed by atoms with Gasteiger partial charge in [-0.2, -0.15) is 0 Å². The van der Waals surface area contributed by atoms with Gasteiger partial charge in [-0.15, -0.1) is 11.8 Å². The minimum atomic E-state index is -0.465. The van der Waals surface area contributed by atoms with E-state index in [1.807, 2.05) is 13.8 Å². The van der Waals surface area contributed by atoms with E-state index >= 15 is 0 Å². The third-order valence-electron chi connectivity index (χ3n) is 1.61. The number of rotatable bonds is 4. The smallest absolute Gasteiger partial charge is 0.305 e. The Labute approximate surface area is 97.9 Å². The van der Waals surface area contributed by atoms with Crippen molar-refractivity contribution >= 4 is 23.6 Å². The summed E-state index contributed by atoms with van der Waals surface area (Å²) in [4.78, 5) is 22.6. The summed E-state index contributed by atoms with van der Waals surface area (Å²) >= 11 is 1.50. The van der Waals surface area contributed by atoms with E-state index in [4.69, 9.17) is 4.42 Å². The topological polar surface area (TPSA) is 71.3 Å². The van der Waals surface area contributed by atoms with Crippen LogP contribution < -0.4 is 10.9 Å². The second-order valence-corrected chi connectivity index (χ2v) is 4.90. The molecule has 16 heavy (non-hydrogen) atoms. The highest BCUT2D eigenvalue weighted by Gasteiger charge is 2.09. The number of thioether (sulfide) groups is 1. The molecule has 0 saturated carbocycles. The Morgan fingerprint density at radius 2 is 2.19 bits per heavy atom. The van der Waals surface area contributed by atoms with Gasteiger partial charge in [0.1, 0.15) is 0 Å². The molecular weight excluding hydrogens is 228 g/mol. The zero-order valence-electron chi connectivity index (χ0n) is 9.15. The molecule has 0 radical (unpaired) electrons. The zero-order valence-corrected chi connectivity index (χ0v) is 9.97. The molecule has 0 aliphatic heterocycles. The Balaban J connectivity index is 2.24. The van der Waals surface area contributed by atoms with Gasteiger partial charge in [0.25, 0.3) is 0 Å². The maximum Gasteiger partial charge on any atom is 0.305 e. The summed E-state index contributed by atoms with van der Waals surface area (Å²) in [7, 11) is 0. The number of hydrazine groups is 1. The number of furan rings is 1. The van der Waals surface area contributed by atoms with Crippen molar-refractivity contribution in [2.24, 2.45) is 0 Å². The van der Waals surface area contributed by atoms with Crippen molar-refractivity contribution in [1.82, 2.24) is 10.9 Å². The maximum atomic E-state index is 11.3. The molecule has 6 heteroatoms. The van der Waals surface area contributed by atoms with E-state index < -0.39 is 5.91 Å². The molecule has 88 valence electrons. The van der Waals surface area contributed by atoms with Crippen molar-refractivity contribution in [2.45, 2.75) is 19.1 Å². The van der Waals surface area contributed by atoms with Gasteiger partial charge in [0.15, 0.2) is 5.76 Å². The van der Waals surface area contributed by atoms with Crippen LogP contribution in [0.15, 0.2) is 22.8 Å². The fourth-order valence-electron chi connectivity index (χ4n) is 0.874. The summed E-state index contributed by atoms with van der Waals surface area (Å²) < 4.78 is 4.86. The van der Waals surface area contributed by atoms with Crippen molar-refractivity contribution in [3.63, 3.8) is 0 Å². The van der Waals surface area contributed by atoms with Crippen LogP contribution in [0, 0.1) is 0 Å². The standard InChI is InChI=1S/C10H14N2O3S/c1-7(2)16-6-9(13)11-12-10(14)8-4-3-5-15-8/h3-5,7H,6H2,1-2H3,(H,11,13)(H,12,14). The highest BCUT2D eigenvalue weighted by molar-refractivity contribution is 8.00.